The van der Waals surface area contributed by atoms with Crippen LogP contribution in [0.4, 0.5) is 0 Å². The predicted molar refractivity (Wildman–Crippen MR) is 104 cm³/mol. The van der Waals surface area contributed by atoms with Crippen molar-refractivity contribution in [3.8, 4) is 0 Å². The molecule has 1 aliphatic carbocycles. The van der Waals surface area contributed by atoms with Gasteiger partial charge in [-0.15, -0.1) is 24.0 Å². The molecule has 0 spiro atoms. The van der Waals surface area contributed by atoms with E-state index in [-0.39, 0.29) is 28.9 Å². The molecular weight excluding hydrogens is 427 g/mol. The van der Waals surface area contributed by atoms with Gasteiger partial charge in [0.1, 0.15) is 0 Å². The molecule has 0 unspecified atom stereocenters. The minimum absolute atomic E-state index is 0. The Kier molecular flexibility index (Phi) is 8.27. The normalized spacial score (nSPS) is 16.0. The minimum Gasteiger partial charge on any atom is -0.354 e. The van der Waals surface area contributed by atoms with Gasteiger partial charge in [-0.05, 0) is 37.6 Å². The molecule has 0 aromatic heterocycles. The molecule has 0 atom stereocenters. The van der Waals surface area contributed by atoms with Crippen LogP contribution in [-0.4, -0.2) is 34.5 Å². The molecule has 1 fully saturated rings. The molecule has 0 radical (unpaired) electrons. The molecule has 1 aromatic carbocycles. The number of hydrogen-bond donors (Lipinski definition) is 3. The summed E-state index contributed by atoms with van der Waals surface area (Å²) < 4.78 is 25.6. The summed E-state index contributed by atoms with van der Waals surface area (Å²) in [7, 11) is -0.210. The zero-order valence-electron chi connectivity index (χ0n) is 13.5. The van der Waals surface area contributed by atoms with Crippen molar-refractivity contribution >= 4 is 40.0 Å². The first kappa shape index (κ1) is 20.2. The Morgan fingerprint density at radius 2 is 1.83 bits per heavy atom. The van der Waals surface area contributed by atoms with Gasteiger partial charge in [0, 0.05) is 19.6 Å². The summed E-state index contributed by atoms with van der Waals surface area (Å²) in [5, 5.41) is 6.67. The summed E-state index contributed by atoms with van der Waals surface area (Å²) in [5.74, 6) is 0.791. The standard InChI is InChI=1S/C15H24N4O2S.HI/c1-16-15(19-13-5-3-4-6-13)18-11-12-7-9-14(10-8-12)22(20,21)17-2;/h7-10,13,17H,3-6,11H2,1-2H3,(H2,16,18,19);1H. The Bertz CT molecular complexity index is 611. The topological polar surface area (TPSA) is 82.6 Å². The molecule has 23 heavy (non-hydrogen) atoms. The van der Waals surface area contributed by atoms with Crippen LogP contribution in [0.5, 0.6) is 0 Å². The first-order valence-electron chi connectivity index (χ1n) is 7.55. The number of guanidine groups is 1. The van der Waals surface area contributed by atoms with E-state index in [0.717, 1.165) is 11.5 Å². The van der Waals surface area contributed by atoms with Crippen LogP contribution in [0.25, 0.3) is 0 Å². The van der Waals surface area contributed by atoms with Gasteiger partial charge in [-0.25, -0.2) is 13.1 Å². The summed E-state index contributed by atoms with van der Waals surface area (Å²) >= 11 is 0. The summed E-state index contributed by atoms with van der Waals surface area (Å²) in [5.41, 5.74) is 1.00. The molecule has 6 nitrogen and oxygen atoms in total. The van der Waals surface area contributed by atoms with E-state index >= 15 is 0 Å². The molecule has 0 heterocycles. The smallest absolute Gasteiger partial charge is 0.240 e. The highest BCUT2D eigenvalue weighted by atomic mass is 127. The van der Waals surface area contributed by atoms with Crippen molar-refractivity contribution in [2.75, 3.05) is 14.1 Å². The lowest BCUT2D eigenvalue weighted by molar-refractivity contribution is 0.588. The van der Waals surface area contributed by atoms with Crippen LogP contribution in [0.15, 0.2) is 34.2 Å². The number of nitrogens with one attached hydrogen (secondary N) is 3. The summed E-state index contributed by atoms with van der Waals surface area (Å²) in [6.07, 6.45) is 4.93. The van der Waals surface area contributed by atoms with E-state index in [1.165, 1.54) is 32.7 Å². The highest BCUT2D eigenvalue weighted by Gasteiger charge is 2.16. The van der Waals surface area contributed by atoms with Gasteiger partial charge in [0.2, 0.25) is 10.0 Å². The quantitative estimate of drug-likeness (QED) is 0.362. The van der Waals surface area contributed by atoms with Crippen molar-refractivity contribution in [1.29, 1.82) is 0 Å². The van der Waals surface area contributed by atoms with Gasteiger partial charge in [0.25, 0.3) is 0 Å². The summed E-state index contributed by atoms with van der Waals surface area (Å²) in [6, 6.07) is 7.33. The molecule has 2 rings (SSSR count). The number of benzene rings is 1. The van der Waals surface area contributed by atoms with Crippen molar-refractivity contribution in [3.05, 3.63) is 29.8 Å². The maximum Gasteiger partial charge on any atom is 0.240 e. The fraction of sp³-hybridized carbons (Fsp3) is 0.533. The zero-order valence-corrected chi connectivity index (χ0v) is 16.6. The van der Waals surface area contributed by atoms with Gasteiger partial charge in [0.05, 0.1) is 4.90 Å². The average molecular weight is 452 g/mol. The third-order valence-electron chi connectivity index (χ3n) is 3.88. The van der Waals surface area contributed by atoms with Crippen molar-refractivity contribution < 1.29 is 8.42 Å². The molecule has 1 aliphatic rings. The first-order valence-corrected chi connectivity index (χ1v) is 9.03. The lowest BCUT2D eigenvalue weighted by atomic mass is 10.2. The number of rotatable bonds is 5. The Balaban J connectivity index is 0.00000264. The van der Waals surface area contributed by atoms with E-state index < -0.39 is 10.0 Å². The van der Waals surface area contributed by atoms with Crippen LogP contribution in [0.3, 0.4) is 0 Å². The number of aliphatic imine (C=N–C) groups is 1. The fourth-order valence-electron chi connectivity index (χ4n) is 2.55. The monoisotopic (exact) mass is 452 g/mol. The zero-order chi connectivity index (χ0) is 16.0. The average Bonchev–Trinajstić information content (AvgIpc) is 3.04. The highest BCUT2D eigenvalue weighted by Crippen LogP contribution is 2.17. The second-order valence-corrected chi connectivity index (χ2v) is 7.29. The van der Waals surface area contributed by atoms with E-state index in [9.17, 15) is 8.42 Å². The molecule has 130 valence electrons. The van der Waals surface area contributed by atoms with E-state index in [0.29, 0.717) is 12.6 Å². The Hall–Kier alpha value is -0.870. The molecule has 0 saturated heterocycles. The maximum atomic E-state index is 11.7. The van der Waals surface area contributed by atoms with Crippen LogP contribution in [0, 0.1) is 0 Å². The fourth-order valence-corrected chi connectivity index (χ4v) is 3.28. The van der Waals surface area contributed by atoms with E-state index in [4.69, 9.17) is 0 Å². The van der Waals surface area contributed by atoms with Gasteiger partial charge in [-0.2, -0.15) is 0 Å². The van der Waals surface area contributed by atoms with Gasteiger partial charge in [-0.3, -0.25) is 4.99 Å². The van der Waals surface area contributed by atoms with Crippen molar-refractivity contribution in [3.63, 3.8) is 0 Å². The summed E-state index contributed by atoms with van der Waals surface area (Å²) in [6.45, 7) is 0.603. The lowest BCUT2D eigenvalue weighted by Gasteiger charge is -2.17. The SMILES string of the molecule is CN=C(NCc1ccc(S(=O)(=O)NC)cc1)NC1CCCC1.I. The van der Waals surface area contributed by atoms with Gasteiger partial charge >= 0.3 is 0 Å². The van der Waals surface area contributed by atoms with Gasteiger partial charge in [-0.1, -0.05) is 25.0 Å². The number of halogens is 1. The number of sulfonamides is 1. The van der Waals surface area contributed by atoms with Crippen LogP contribution in [0.1, 0.15) is 31.2 Å². The highest BCUT2D eigenvalue weighted by molar-refractivity contribution is 14.0. The second-order valence-electron chi connectivity index (χ2n) is 5.40. The van der Waals surface area contributed by atoms with E-state index in [2.05, 4.69) is 20.3 Å². The molecule has 1 aromatic rings. The lowest BCUT2D eigenvalue weighted by Crippen LogP contribution is -2.41. The molecule has 0 aliphatic heterocycles. The molecule has 0 bridgehead atoms. The molecular formula is C15H25IN4O2S. The van der Waals surface area contributed by atoms with Crippen LogP contribution < -0.4 is 15.4 Å². The first-order chi connectivity index (χ1) is 10.5. The van der Waals surface area contributed by atoms with Crippen molar-refractivity contribution in [2.45, 2.75) is 43.2 Å². The predicted octanol–water partition coefficient (Wildman–Crippen LogP) is 1.82. The minimum atomic E-state index is -3.37. The third-order valence-corrected chi connectivity index (χ3v) is 5.31. The largest absolute Gasteiger partial charge is 0.354 e. The number of nitrogens with zero attached hydrogens (tertiary/aromatic N) is 1. The van der Waals surface area contributed by atoms with Crippen LogP contribution in [0.2, 0.25) is 0 Å². The molecule has 0 amide bonds. The van der Waals surface area contributed by atoms with Crippen molar-refractivity contribution in [2.24, 2.45) is 4.99 Å². The molecule has 8 heteroatoms. The second kappa shape index (κ2) is 9.43. The van der Waals surface area contributed by atoms with E-state index in [1.54, 1.807) is 31.3 Å². The Labute approximate surface area is 155 Å². The number of hydrogen-bond acceptors (Lipinski definition) is 3. The Morgan fingerprint density at radius 1 is 1.22 bits per heavy atom. The van der Waals surface area contributed by atoms with Crippen LogP contribution >= 0.6 is 24.0 Å². The molecule has 1 saturated carbocycles. The summed E-state index contributed by atoms with van der Waals surface area (Å²) in [4.78, 5) is 4.50. The van der Waals surface area contributed by atoms with Gasteiger partial charge in [0.15, 0.2) is 5.96 Å². The van der Waals surface area contributed by atoms with Crippen molar-refractivity contribution in [1.82, 2.24) is 15.4 Å². The maximum absolute atomic E-state index is 11.7. The Morgan fingerprint density at radius 3 is 2.35 bits per heavy atom. The molecule has 3 N–H and O–H groups in total. The van der Waals surface area contributed by atoms with E-state index in [1.807, 2.05) is 0 Å². The van der Waals surface area contributed by atoms with Crippen LogP contribution in [-0.2, 0) is 16.6 Å². The van der Waals surface area contributed by atoms with Gasteiger partial charge < -0.3 is 10.6 Å². The third kappa shape index (κ3) is 5.92.